The zero-order valence-corrected chi connectivity index (χ0v) is 21.2. The highest BCUT2D eigenvalue weighted by Gasteiger charge is 2.35. The number of rotatable bonds is 11. The zero-order valence-electron chi connectivity index (χ0n) is 21.2. The van der Waals surface area contributed by atoms with Crippen molar-refractivity contribution in [2.75, 3.05) is 6.54 Å². The Bertz CT molecular complexity index is 816. The van der Waals surface area contributed by atoms with Gasteiger partial charge in [-0.15, -0.1) is 0 Å². The highest BCUT2D eigenvalue weighted by Crippen LogP contribution is 2.26. The van der Waals surface area contributed by atoms with Crippen LogP contribution in [0, 0.1) is 0 Å². The monoisotopic (exact) mass is 459 g/mol. The van der Waals surface area contributed by atoms with Crippen molar-refractivity contribution in [1.29, 1.82) is 0 Å². The standard InChI is InChI=1S/C26H41N3O4/c1-9-13-18(4)28-24(31)23(21-15-12-14-20(11-3)16-21)29(19(5)10-2)22(30)17-27-25(32)33-26(6,7)8/h11-12,14-16,18-19,23H,3,9-10,13,17H2,1-2,4-8H3,(H,27,32)(H,28,31). The number of ether oxygens (including phenoxy) is 1. The Labute approximate surface area is 198 Å². The fraction of sp³-hybridized carbons (Fsp3) is 0.577. The maximum absolute atomic E-state index is 13.5. The van der Waals surface area contributed by atoms with Crippen molar-refractivity contribution in [2.24, 2.45) is 0 Å². The third kappa shape index (κ3) is 9.28. The Kier molecular flexibility index (Phi) is 11.1. The maximum atomic E-state index is 13.5. The molecular formula is C26H41N3O4. The highest BCUT2D eigenvalue weighted by molar-refractivity contribution is 5.91. The number of hydrogen-bond acceptors (Lipinski definition) is 4. The summed E-state index contributed by atoms with van der Waals surface area (Å²) in [4.78, 5) is 40.5. The molecule has 7 nitrogen and oxygen atoms in total. The predicted molar refractivity (Wildman–Crippen MR) is 133 cm³/mol. The van der Waals surface area contributed by atoms with Gasteiger partial charge in [0.25, 0.3) is 0 Å². The summed E-state index contributed by atoms with van der Waals surface area (Å²) < 4.78 is 5.25. The molecule has 0 radical (unpaired) electrons. The van der Waals surface area contributed by atoms with E-state index in [1.165, 1.54) is 0 Å². The molecular weight excluding hydrogens is 418 g/mol. The van der Waals surface area contributed by atoms with E-state index in [4.69, 9.17) is 4.74 Å². The molecule has 0 saturated carbocycles. The lowest BCUT2D eigenvalue weighted by Crippen LogP contribution is -2.52. The lowest BCUT2D eigenvalue weighted by molar-refractivity contribution is -0.143. The largest absolute Gasteiger partial charge is 0.444 e. The Hall–Kier alpha value is -2.83. The van der Waals surface area contributed by atoms with Crippen molar-refractivity contribution in [3.8, 4) is 0 Å². The molecule has 1 rings (SSSR count). The van der Waals surface area contributed by atoms with Gasteiger partial charge >= 0.3 is 6.09 Å². The van der Waals surface area contributed by atoms with Gasteiger partial charge < -0.3 is 20.3 Å². The third-order valence-electron chi connectivity index (χ3n) is 5.24. The molecule has 0 fully saturated rings. The maximum Gasteiger partial charge on any atom is 0.408 e. The first-order valence-corrected chi connectivity index (χ1v) is 11.7. The van der Waals surface area contributed by atoms with Gasteiger partial charge in [0, 0.05) is 12.1 Å². The first-order chi connectivity index (χ1) is 15.4. The van der Waals surface area contributed by atoms with Crippen LogP contribution in [-0.4, -0.2) is 47.0 Å². The summed E-state index contributed by atoms with van der Waals surface area (Å²) in [5.41, 5.74) is 0.877. The summed E-state index contributed by atoms with van der Waals surface area (Å²) in [6.45, 7) is 16.7. The smallest absolute Gasteiger partial charge is 0.408 e. The van der Waals surface area contributed by atoms with Crippen LogP contribution < -0.4 is 10.6 Å². The molecule has 7 heteroatoms. The summed E-state index contributed by atoms with van der Waals surface area (Å²) in [5.74, 6) is -0.606. The van der Waals surface area contributed by atoms with Crippen LogP contribution in [0.3, 0.4) is 0 Å². The van der Waals surface area contributed by atoms with Gasteiger partial charge in [-0.25, -0.2) is 4.79 Å². The average Bonchev–Trinajstić information content (AvgIpc) is 2.74. The first-order valence-electron chi connectivity index (χ1n) is 11.7. The van der Waals surface area contributed by atoms with Gasteiger partial charge in [0.15, 0.2) is 0 Å². The SMILES string of the molecule is C=Cc1cccc(C(C(=O)NC(C)CCC)N(C(=O)CNC(=O)OC(C)(C)C)C(C)CC)c1. The van der Waals surface area contributed by atoms with E-state index in [0.29, 0.717) is 12.0 Å². The number of nitrogens with zero attached hydrogens (tertiary/aromatic N) is 1. The van der Waals surface area contributed by atoms with Gasteiger partial charge in [-0.3, -0.25) is 9.59 Å². The van der Waals surface area contributed by atoms with E-state index in [9.17, 15) is 14.4 Å². The third-order valence-corrected chi connectivity index (χ3v) is 5.24. The lowest BCUT2D eigenvalue weighted by Gasteiger charge is -2.36. The Morgan fingerprint density at radius 1 is 1.18 bits per heavy atom. The minimum atomic E-state index is -0.841. The lowest BCUT2D eigenvalue weighted by atomic mass is 9.98. The van der Waals surface area contributed by atoms with E-state index < -0.39 is 17.7 Å². The number of carbonyl (C=O) groups excluding carboxylic acids is 3. The van der Waals surface area contributed by atoms with E-state index in [2.05, 4.69) is 24.1 Å². The topological polar surface area (TPSA) is 87.7 Å². The molecule has 0 aliphatic heterocycles. The zero-order chi connectivity index (χ0) is 25.2. The molecule has 0 saturated heterocycles. The number of hydrogen-bond donors (Lipinski definition) is 2. The number of alkyl carbamates (subject to hydrolysis) is 1. The van der Waals surface area contributed by atoms with Crippen molar-refractivity contribution in [3.05, 3.63) is 42.0 Å². The number of nitrogens with one attached hydrogen (secondary N) is 2. The van der Waals surface area contributed by atoms with E-state index in [1.54, 1.807) is 31.7 Å². The van der Waals surface area contributed by atoms with Crippen LogP contribution in [0.25, 0.3) is 6.08 Å². The van der Waals surface area contributed by atoms with E-state index >= 15 is 0 Å². The molecule has 3 atom stereocenters. The molecule has 0 aliphatic carbocycles. The summed E-state index contributed by atoms with van der Waals surface area (Å²) >= 11 is 0. The molecule has 1 aromatic carbocycles. The summed E-state index contributed by atoms with van der Waals surface area (Å²) in [5, 5.41) is 5.58. The van der Waals surface area contributed by atoms with Crippen molar-refractivity contribution in [1.82, 2.24) is 15.5 Å². The van der Waals surface area contributed by atoms with E-state index in [-0.39, 0.29) is 30.4 Å². The molecule has 33 heavy (non-hydrogen) atoms. The highest BCUT2D eigenvalue weighted by atomic mass is 16.6. The van der Waals surface area contributed by atoms with Gasteiger partial charge in [0.2, 0.25) is 11.8 Å². The molecule has 184 valence electrons. The van der Waals surface area contributed by atoms with Crippen LogP contribution in [0.4, 0.5) is 4.79 Å². The Morgan fingerprint density at radius 3 is 2.39 bits per heavy atom. The van der Waals surface area contributed by atoms with Gasteiger partial charge in [-0.05, 0) is 64.7 Å². The van der Waals surface area contributed by atoms with E-state index in [0.717, 1.165) is 18.4 Å². The van der Waals surface area contributed by atoms with Gasteiger partial charge in [0.1, 0.15) is 18.2 Å². The van der Waals surface area contributed by atoms with Crippen molar-refractivity contribution in [3.63, 3.8) is 0 Å². The van der Waals surface area contributed by atoms with Crippen molar-refractivity contribution < 1.29 is 19.1 Å². The molecule has 0 spiro atoms. The van der Waals surface area contributed by atoms with Crippen LogP contribution in [0.15, 0.2) is 30.8 Å². The van der Waals surface area contributed by atoms with Crippen LogP contribution in [0.2, 0.25) is 0 Å². The second-order valence-electron chi connectivity index (χ2n) is 9.39. The fourth-order valence-corrected chi connectivity index (χ4v) is 3.52. The van der Waals surface area contributed by atoms with Gasteiger partial charge in [-0.1, -0.05) is 51.1 Å². The second-order valence-corrected chi connectivity index (χ2v) is 9.39. The first kappa shape index (κ1) is 28.2. The molecule has 1 aromatic rings. The second kappa shape index (κ2) is 13.0. The van der Waals surface area contributed by atoms with Gasteiger partial charge in [-0.2, -0.15) is 0 Å². The van der Waals surface area contributed by atoms with Crippen molar-refractivity contribution >= 4 is 24.0 Å². The Morgan fingerprint density at radius 2 is 1.85 bits per heavy atom. The summed E-state index contributed by atoms with van der Waals surface area (Å²) in [6.07, 6.45) is 3.45. The summed E-state index contributed by atoms with van der Waals surface area (Å²) in [6, 6.07) is 6.35. The molecule has 0 aromatic heterocycles. The molecule has 0 bridgehead atoms. The van der Waals surface area contributed by atoms with Crippen LogP contribution >= 0.6 is 0 Å². The van der Waals surface area contributed by atoms with Crippen molar-refractivity contribution in [2.45, 2.75) is 91.5 Å². The molecule has 3 unspecified atom stereocenters. The van der Waals surface area contributed by atoms with Gasteiger partial charge in [0.05, 0.1) is 0 Å². The molecule has 0 heterocycles. The number of carbonyl (C=O) groups is 3. The predicted octanol–water partition coefficient (Wildman–Crippen LogP) is 4.83. The molecule has 2 N–H and O–H groups in total. The van der Waals surface area contributed by atoms with Crippen LogP contribution in [0.5, 0.6) is 0 Å². The van der Waals surface area contributed by atoms with Crippen LogP contribution in [0.1, 0.15) is 84.9 Å². The number of amides is 3. The normalized spacial score (nSPS) is 13.9. The summed E-state index contributed by atoms with van der Waals surface area (Å²) in [7, 11) is 0. The average molecular weight is 460 g/mol. The van der Waals surface area contributed by atoms with E-state index in [1.807, 2.05) is 45.0 Å². The fourth-order valence-electron chi connectivity index (χ4n) is 3.52. The molecule has 0 aliphatic rings. The Balaban J connectivity index is 3.30. The minimum Gasteiger partial charge on any atom is -0.444 e. The number of benzene rings is 1. The van der Waals surface area contributed by atoms with Crippen LogP contribution in [-0.2, 0) is 14.3 Å². The minimum absolute atomic E-state index is 0.0265. The molecule has 3 amide bonds. The quantitative estimate of drug-likeness (QED) is 0.496.